The lowest BCUT2D eigenvalue weighted by atomic mass is 10.2. The van der Waals surface area contributed by atoms with Gasteiger partial charge in [-0.1, -0.05) is 48.9 Å². The van der Waals surface area contributed by atoms with Crippen molar-refractivity contribution in [2.24, 2.45) is 0 Å². The van der Waals surface area contributed by atoms with Crippen LogP contribution in [-0.2, 0) is 16.4 Å². The number of hydrogen-bond donors (Lipinski definition) is 2. The van der Waals surface area contributed by atoms with E-state index in [4.69, 9.17) is 0 Å². The lowest BCUT2D eigenvalue weighted by Gasteiger charge is -2.09. The molecule has 9 heteroatoms. The van der Waals surface area contributed by atoms with Gasteiger partial charge in [-0.25, -0.2) is 8.42 Å². The molecule has 0 spiro atoms. The highest BCUT2D eigenvalue weighted by Gasteiger charge is 2.15. The largest absolute Gasteiger partial charge is 0.296 e. The van der Waals surface area contributed by atoms with Gasteiger partial charge in [0.1, 0.15) is 5.01 Å². The highest BCUT2D eigenvalue weighted by molar-refractivity contribution is 7.92. The second-order valence-electron chi connectivity index (χ2n) is 6.06. The number of aryl methyl sites for hydroxylation is 1. The summed E-state index contributed by atoms with van der Waals surface area (Å²) in [5.41, 5.74) is 0.621. The van der Waals surface area contributed by atoms with E-state index in [0.717, 1.165) is 24.3 Å². The number of nitrogens with zero attached hydrogens (tertiary/aromatic N) is 2. The fraction of sp³-hybridized carbons (Fsp3) is 0.211. The molecule has 0 aliphatic heterocycles. The molecule has 0 bridgehead atoms. The molecule has 0 saturated heterocycles. The van der Waals surface area contributed by atoms with Crippen LogP contribution in [0, 0.1) is 0 Å². The maximum absolute atomic E-state index is 12.5. The first-order valence-corrected chi connectivity index (χ1v) is 11.1. The van der Waals surface area contributed by atoms with Crippen LogP contribution in [-0.4, -0.2) is 24.5 Å². The minimum atomic E-state index is -3.72. The van der Waals surface area contributed by atoms with Gasteiger partial charge in [-0.2, -0.15) is 0 Å². The van der Waals surface area contributed by atoms with E-state index in [2.05, 4.69) is 27.2 Å². The molecule has 0 aliphatic rings. The summed E-state index contributed by atoms with van der Waals surface area (Å²) in [6.45, 7) is 2.10. The molecule has 0 radical (unpaired) electrons. The number of nitrogens with one attached hydrogen (secondary N) is 2. The first-order valence-electron chi connectivity index (χ1n) is 8.79. The zero-order valence-corrected chi connectivity index (χ0v) is 16.9. The zero-order valence-electron chi connectivity index (χ0n) is 15.3. The second kappa shape index (κ2) is 8.94. The van der Waals surface area contributed by atoms with Crippen LogP contribution in [0.25, 0.3) is 0 Å². The van der Waals surface area contributed by atoms with Crippen molar-refractivity contribution in [2.75, 3.05) is 10.0 Å². The van der Waals surface area contributed by atoms with Crippen LogP contribution in [0.5, 0.6) is 0 Å². The number of rotatable bonds is 8. The number of unbranched alkanes of at least 4 members (excludes halogenated alkanes) is 1. The maximum Gasteiger partial charge on any atom is 0.261 e. The highest BCUT2D eigenvalue weighted by atomic mass is 32.2. The van der Waals surface area contributed by atoms with Crippen LogP contribution in [0.2, 0.25) is 0 Å². The Morgan fingerprint density at radius 1 is 1.07 bits per heavy atom. The van der Waals surface area contributed by atoms with Crippen molar-refractivity contribution in [3.8, 4) is 0 Å². The summed E-state index contributed by atoms with van der Waals surface area (Å²) in [6.07, 6.45) is 2.92. The van der Waals surface area contributed by atoms with Crippen LogP contribution in [0.3, 0.4) is 0 Å². The topological polar surface area (TPSA) is 101 Å². The molecule has 1 heterocycles. The van der Waals surface area contributed by atoms with Crippen molar-refractivity contribution < 1.29 is 13.2 Å². The van der Waals surface area contributed by atoms with E-state index in [9.17, 15) is 13.2 Å². The van der Waals surface area contributed by atoms with Gasteiger partial charge in [0, 0.05) is 17.7 Å². The minimum absolute atomic E-state index is 0.151. The Labute approximate surface area is 167 Å². The molecule has 2 aromatic carbocycles. The quantitative estimate of drug-likeness (QED) is 0.579. The number of carbonyl (C=O) groups excluding carboxylic acids is 1. The van der Waals surface area contributed by atoms with Gasteiger partial charge >= 0.3 is 0 Å². The van der Waals surface area contributed by atoms with E-state index in [1.54, 1.807) is 36.4 Å². The Balaban J connectivity index is 1.70. The average Bonchev–Trinajstić information content (AvgIpc) is 3.14. The predicted octanol–water partition coefficient (Wildman–Crippen LogP) is 3.93. The summed E-state index contributed by atoms with van der Waals surface area (Å²) in [6, 6.07) is 14.3. The molecule has 0 aliphatic carbocycles. The Morgan fingerprint density at radius 3 is 2.61 bits per heavy atom. The van der Waals surface area contributed by atoms with Gasteiger partial charge in [0.2, 0.25) is 5.13 Å². The molecule has 28 heavy (non-hydrogen) atoms. The fourth-order valence-electron chi connectivity index (χ4n) is 2.44. The van der Waals surface area contributed by atoms with Crippen molar-refractivity contribution in [1.29, 1.82) is 0 Å². The summed E-state index contributed by atoms with van der Waals surface area (Å²) in [5, 5.41) is 12.0. The summed E-state index contributed by atoms with van der Waals surface area (Å²) < 4.78 is 27.4. The third kappa shape index (κ3) is 5.14. The number of amides is 1. The summed E-state index contributed by atoms with van der Waals surface area (Å²) >= 11 is 1.34. The smallest absolute Gasteiger partial charge is 0.261 e. The van der Waals surface area contributed by atoms with Gasteiger partial charge in [0.15, 0.2) is 0 Å². The van der Waals surface area contributed by atoms with Crippen LogP contribution in [0.1, 0.15) is 35.1 Å². The number of carbonyl (C=O) groups is 1. The molecule has 0 unspecified atom stereocenters. The third-order valence-electron chi connectivity index (χ3n) is 3.86. The van der Waals surface area contributed by atoms with Crippen LogP contribution in [0.15, 0.2) is 59.5 Å². The molecule has 7 nitrogen and oxygen atoms in total. The highest BCUT2D eigenvalue weighted by Crippen LogP contribution is 2.20. The van der Waals surface area contributed by atoms with Gasteiger partial charge in [-0.05, 0) is 36.8 Å². The number of hydrogen-bond acceptors (Lipinski definition) is 6. The van der Waals surface area contributed by atoms with E-state index < -0.39 is 10.0 Å². The monoisotopic (exact) mass is 416 g/mol. The first-order chi connectivity index (χ1) is 13.5. The Hall–Kier alpha value is -2.78. The number of aromatic nitrogens is 2. The molecule has 0 atom stereocenters. The zero-order chi connectivity index (χ0) is 20.0. The normalized spacial score (nSPS) is 11.2. The molecular formula is C19H20N4O3S2. The maximum atomic E-state index is 12.5. The van der Waals surface area contributed by atoms with Crippen molar-refractivity contribution in [2.45, 2.75) is 31.1 Å². The van der Waals surface area contributed by atoms with E-state index in [1.165, 1.54) is 29.5 Å². The first kappa shape index (κ1) is 20.0. The van der Waals surface area contributed by atoms with Gasteiger partial charge in [-0.3, -0.25) is 14.8 Å². The van der Waals surface area contributed by atoms with Crippen molar-refractivity contribution in [1.82, 2.24) is 10.2 Å². The van der Waals surface area contributed by atoms with E-state index in [-0.39, 0.29) is 10.8 Å². The van der Waals surface area contributed by atoms with Crippen LogP contribution >= 0.6 is 11.3 Å². The van der Waals surface area contributed by atoms with Gasteiger partial charge in [0.05, 0.1) is 4.90 Å². The number of sulfonamides is 1. The SMILES string of the molecule is CCCCc1nnc(NC(=O)c2cccc(NS(=O)(=O)c3ccccc3)c2)s1. The molecule has 1 amide bonds. The molecule has 2 N–H and O–H groups in total. The Kier molecular flexibility index (Phi) is 6.37. The number of anilines is 2. The summed E-state index contributed by atoms with van der Waals surface area (Å²) in [5.74, 6) is -0.376. The van der Waals surface area contributed by atoms with E-state index >= 15 is 0 Å². The Bertz CT molecular complexity index is 1050. The fourth-order valence-corrected chi connectivity index (χ4v) is 4.29. The van der Waals surface area contributed by atoms with Crippen LogP contribution in [0.4, 0.5) is 10.8 Å². The molecule has 146 valence electrons. The standard InChI is InChI=1S/C19H20N4O3S2/c1-2-3-12-17-21-22-19(27-17)20-18(24)14-8-7-9-15(13-14)23-28(25,26)16-10-5-4-6-11-16/h4-11,13,23H,2-3,12H2,1H3,(H,20,22,24). The van der Waals surface area contributed by atoms with E-state index in [1.807, 2.05) is 0 Å². The van der Waals surface area contributed by atoms with Crippen molar-refractivity contribution >= 4 is 38.1 Å². The molecule has 0 saturated carbocycles. The summed E-state index contributed by atoms with van der Waals surface area (Å²) in [4.78, 5) is 12.6. The van der Waals surface area contributed by atoms with E-state index in [0.29, 0.717) is 16.4 Å². The van der Waals surface area contributed by atoms with Crippen molar-refractivity contribution in [3.05, 3.63) is 65.2 Å². The third-order valence-corrected chi connectivity index (χ3v) is 6.16. The second-order valence-corrected chi connectivity index (χ2v) is 8.80. The van der Waals surface area contributed by atoms with Crippen LogP contribution < -0.4 is 10.0 Å². The van der Waals surface area contributed by atoms with Crippen molar-refractivity contribution in [3.63, 3.8) is 0 Å². The average molecular weight is 417 g/mol. The molecule has 0 fully saturated rings. The molecule has 3 rings (SSSR count). The lowest BCUT2D eigenvalue weighted by Crippen LogP contribution is -2.15. The van der Waals surface area contributed by atoms with Gasteiger partial charge < -0.3 is 0 Å². The predicted molar refractivity (Wildman–Crippen MR) is 110 cm³/mol. The molecular weight excluding hydrogens is 396 g/mol. The van der Waals surface area contributed by atoms with Gasteiger partial charge in [0.25, 0.3) is 15.9 Å². The number of benzene rings is 2. The lowest BCUT2D eigenvalue weighted by molar-refractivity contribution is 0.102. The molecule has 3 aromatic rings. The minimum Gasteiger partial charge on any atom is -0.296 e. The summed E-state index contributed by atoms with van der Waals surface area (Å²) in [7, 11) is -3.72. The van der Waals surface area contributed by atoms with Gasteiger partial charge in [-0.15, -0.1) is 10.2 Å². The molecule has 1 aromatic heterocycles. The Morgan fingerprint density at radius 2 is 1.86 bits per heavy atom.